The van der Waals surface area contributed by atoms with Crippen molar-refractivity contribution >= 4 is 17.1 Å². The second-order valence-corrected chi connectivity index (χ2v) is 9.44. The lowest BCUT2D eigenvalue weighted by Gasteiger charge is -2.39. The topological polar surface area (TPSA) is 71.1 Å². The predicted molar refractivity (Wildman–Crippen MR) is 118 cm³/mol. The van der Waals surface area contributed by atoms with Gasteiger partial charge in [-0.2, -0.15) is 13.2 Å². The standard InChI is InChI=1S/C24H27F3N4O2/c1-15-19(12-20-21(30-15)29-14-28-20)17-6-4-16(5-7-17)13-31(33-22(32)24(25,26)27)18-8-10-23(2,3)11-9-18/h4-7,12,14,18H,8-11,13H2,1-3H3,(H,28,29,30). The first-order valence-corrected chi connectivity index (χ1v) is 11.0. The maximum absolute atomic E-state index is 12.9. The molecule has 0 spiro atoms. The highest BCUT2D eigenvalue weighted by Gasteiger charge is 2.44. The lowest BCUT2D eigenvalue weighted by Crippen LogP contribution is -2.43. The zero-order valence-corrected chi connectivity index (χ0v) is 18.9. The summed E-state index contributed by atoms with van der Waals surface area (Å²) in [6.07, 6.45) is -0.381. The fourth-order valence-corrected chi connectivity index (χ4v) is 4.29. The third-order valence-corrected chi connectivity index (χ3v) is 6.35. The van der Waals surface area contributed by atoms with Crippen LogP contribution in [0.3, 0.4) is 0 Å². The normalized spacial score (nSPS) is 16.9. The molecule has 0 aliphatic heterocycles. The van der Waals surface area contributed by atoms with E-state index in [0.717, 1.165) is 40.7 Å². The molecular weight excluding hydrogens is 433 g/mol. The van der Waals surface area contributed by atoms with Gasteiger partial charge in [-0.25, -0.2) is 14.8 Å². The number of nitrogens with zero attached hydrogens (tertiary/aromatic N) is 3. The van der Waals surface area contributed by atoms with E-state index >= 15 is 0 Å². The first-order valence-electron chi connectivity index (χ1n) is 11.0. The van der Waals surface area contributed by atoms with Gasteiger partial charge >= 0.3 is 12.1 Å². The largest absolute Gasteiger partial charge is 0.492 e. The smallest absolute Gasteiger partial charge is 0.360 e. The van der Waals surface area contributed by atoms with Crippen molar-refractivity contribution in [3.05, 3.63) is 47.9 Å². The van der Waals surface area contributed by atoms with Crippen molar-refractivity contribution in [2.24, 2.45) is 5.41 Å². The molecule has 0 atom stereocenters. The second-order valence-electron chi connectivity index (χ2n) is 9.44. The Morgan fingerprint density at radius 2 is 1.88 bits per heavy atom. The summed E-state index contributed by atoms with van der Waals surface area (Å²) in [6.45, 7) is 6.28. The van der Waals surface area contributed by atoms with Gasteiger partial charge in [0.2, 0.25) is 0 Å². The molecule has 1 aliphatic carbocycles. The van der Waals surface area contributed by atoms with Gasteiger partial charge in [-0.3, -0.25) is 0 Å². The van der Waals surface area contributed by atoms with Gasteiger partial charge < -0.3 is 9.82 Å². The van der Waals surface area contributed by atoms with E-state index in [4.69, 9.17) is 4.84 Å². The van der Waals surface area contributed by atoms with E-state index in [2.05, 4.69) is 28.8 Å². The number of benzene rings is 1. The quantitative estimate of drug-likeness (QED) is 0.493. The van der Waals surface area contributed by atoms with Gasteiger partial charge in [0, 0.05) is 17.3 Å². The molecule has 176 valence electrons. The van der Waals surface area contributed by atoms with Crippen molar-refractivity contribution in [2.45, 2.75) is 65.2 Å². The van der Waals surface area contributed by atoms with Crippen LogP contribution in [0.4, 0.5) is 13.2 Å². The summed E-state index contributed by atoms with van der Waals surface area (Å²) >= 11 is 0. The first kappa shape index (κ1) is 23.2. The molecule has 33 heavy (non-hydrogen) atoms. The number of alkyl halides is 3. The van der Waals surface area contributed by atoms with Crippen LogP contribution in [0.15, 0.2) is 36.7 Å². The Bertz CT molecular complexity index is 1130. The first-order chi connectivity index (χ1) is 15.5. The summed E-state index contributed by atoms with van der Waals surface area (Å²) in [5.74, 6) is -2.18. The molecular formula is C24H27F3N4O2. The molecule has 1 saturated carbocycles. The number of aromatic nitrogens is 3. The number of fused-ring (bicyclic) bond motifs is 1. The molecule has 0 unspecified atom stereocenters. The molecule has 0 saturated heterocycles. The number of pyridine rings is 1. The molecule has 3 aromatic rings. The highest BCUT2D eigenvalue weighted by Crippen LogP contribution is 2.38. The summed E-state index contributed by atoms with van der Waals surface area (Å²) in [5.41, 5.74) is 5.06. The van der Waals surface area contributed by atoms with Crippen LogP contribution in [0.2, 0.25) is 0 Å². The number of hydroxylamine groups is 2. The lowest BCUT2D eigenvalue weighted by molar-refractivity contribution is -0.252. The van der Waals surface area contributed by atoms with E-state index in [9.17, 15) is 18.0 Å². The molecule has 4 rings (SSSR count). The van der Waals surface area contributed by atoms with Crippen molar-refractivity contribution in [1.29, 1.82) is 0 Å². The second kappa shape index (κ2) is 8.78. The van der Waals surface area contributed by atoms with E-state index in [1.807, 2.05) is 37.3 Å². The average molecular weight is 461 g/mol. The van der Waals surface area contributed by atoms with Crippen LogP contribution in [-0.4, -0.2) is 38.2 Å². The summed E-state index contributed by atoms with van der Waals surface area (Å²) in [7, 11) is 0. The van der Waals surface area contributed by atoms with E-state index in [1.54, 1.807) is 6.33 Å². The van der Waals surface area contributed by atoms with Gasteiger partial charge in [-0.1, -0.05) is 38.1 Å². The number of halogens is 3. The highest BCUT2D eigenvalue weighted by molar-refractivity contribution is 5.79. The molecule has 2 aromatic heterocycles. The molecule has 1 fully saturated rings. The molecule has 1 aromatic carbocycles. The van der Waals surface area contributed by atoms with E-state index in [-0.39, 0.29) is 18.0 Å². The number of hydrogen-bond donors (Lipinski definition) is 1. The number of aromatic amines is 1. The van der Waals surface area contributed by atoms with Crippen LogP contribution in [0, 0.1) is 12.3 Å². The van der Waals surface area contributed by atoms with Gasteiger partial charge in [-0.05, 0) is 55.2 Å². The third kappa shape index (κ3) is 5.35. The zero-order valence-electron chi connectivity index (χ0n) is 18.9. The fourth-order valence-electron chi connectivity index (χ4n) is 4.29. The SMILES string of the molecule is Cc1nc2nc[nH]c2cc1-c1ccc(CN(OC(=O)C(F)(F)F)C2CCC(C)(C)CC2)cc1. The van der Waals surface area contributed by atoms with Crippen LogP contribution in [0.5, 0.6) is 0 Å². The van der Waals surface area contributed by atoms with Gasteiger partial charge in [-0.15, -0.1) is 5.06 Å². The van der Waals surface area contributed by atoms with Gasteiger partial charge in [0.25, 0.3) is 0 Å². The number of carbonyl (C=O) groups is 1. The minimum absolute atomic E-state index is 0.0873. The number of aryl methyl sites for hydroxylation is 1. The number of hydrogen-bond acceptors (Lipinski definition) is 5. The highest BCUT2D eigenvalue weighted by atomic mass is 19.4. The van der Waals surface area contributed by atoms with Crippen molar-refractivity contribution in [3.8, 4) is 11.1 Å². The van der Waals surface area contributed by atoms with Crippen molar-refractivity contribution < 1.29 is 22.8 Å². The van der Waals surface area contributed by atoms with Gasteiger partial charge in [0.15, 0.2) is 5.65 Å². The molecule has 0 amide bonds. The number of imidazole rings is 1. The number of nitrogens with one attached hydrogen (secondary N) is 1. The maximum Gasteiger partial charge on any atom is 0.492 e. The van der Waals surface area contributed by atoms with Crippen LogP contribution in [-0.2, 0) is 16.2 Å². The summed E-state index contributed by atoms with van der Waals surface area (Å²) in [5, 5.41) is 1.21. The zero-order chi connectivity index (χ0) is 23.8. The summed E-state index contributed by atoms with van der Waals surface area (Å²) < 4.78 is 38.7. The van der Waals surface area contributed by atoms with Crippen LogP contribution in [0.25, 0.3) is 22.3 Å². The average Bonchev–Trinajstić information content (AvgIpc) is 3.20. The molecule has 0 radical (unpaired) electrons. The summed E-state index contributed by atoms with van der Waals surface area (Å²) in [6, 6.07) is 9.20. The van der Waals surface area contributed by atoms with Crippen molar-refractivity contribution in [2.75, 3.05) is 0 Å². The minimum atomic E-state index is -5.04. The Morgan fingerprint density at radius 3 is 2.52 bits per heavy atom. The lowest BCUT2D eigenvalue weighted by atomic mass is 9.75. The van der Waals surface area contributed by atoms with Crippen LogP contribution < -0.4 is 0 Å². The molecule has 0 bridgehead atoms. The number of rotatable bonds is 5. The molecule has 2 heterocycles. The van der Waals surface area contributed by atoms with Crippen molar-refractivity contribution in [1.82, 2.24) is 20.0 Å². The summed E-state index contributed by atoms with van der Waals surface area (Å²) in [4.78, 5) is 28.1. The molecule has 1 aliphatic rings. The molecule has 6 nitrogen and oxygen atoms in total. The Hall–Kier alpha value is -2.94. The number of H-pyrrole nitrogens is 1. The Morgan fingerprint density at radius 1 is 1.21 bits per heavy atom. The van der Waals surface area contributed by atoms with Crippen LogP contribution in [0.1, 0.15) is 50.8 Å². The predicted octanol–water partition coefficient (Wildman–Crippen LogP) is 5.72. The van der Waals surface area contributed by atoms with E-state index < -0.39 is 12.1 Å². The fraction of sp³-hybridized carbons (Fsp3) is 0.458. The Kier molecular flexibility index (Phi) is 6.18. The molecule has 1 N–H and O–H groups in total. The van der Waals surface area contributed by atoms with E-state index in [1.165, 1.54) is 5.06 Å². The maximum atomic E-state index is 12.9. The Balaban J connectivity index is 1.54. The number of carbonyl (C=O) groups excluding carboxylic acids is 1. The Labute approximate surface area is 190 Å². The third-order valence-electron chi connectivity index (χ3n) is 6.35. The van der Waals surface area contributed by atoms with E-state index in [0.29, 0.717) is 18.5 Å². The van der Waals surface area contributed by atoms with Gasteiger partial charge in [0.1, 0.15) is 0 Å². The minimum Gasteiger partial charge on any atom is -0.360 e. The molecule has 9 heteroatoms. The monoisotopic (exact) mass is 460 g/mol. The van der Waals surface area contributed by atoms with Crippen molar-refractivity contribution in [3.63, 3.8) is 0 Å². The van der Waals surface area contributed by atoms with Crippen LogP contribution >= 0.6 is 0 Å². The van der Waals surface area contributed by atoms with Gasteiger partial charge in [0.05, 0.1) is 18.4 Å².